The van der Waals surface area contributed by atoms with E-state index in [4.69, 9.17) is 10.4 Å². The minimum absolute atomic E-state index is 0. The molecular formula is CH2NNaO2. The molecule has 0 saturated carbocycles. The molecule has 0 radical (unpaired) electrons. The Labute approximate surface area is 51.8 Å². The van der Waals surface area contributed by atoms with Crippen molar-refractivity contribution in [3.63, 3.8) is 0 Å². The van der Waals surface area contributed by atoms with E-state index in [0.29, 0.717) is 0 Å². The Balaban J connectivity index is 0. The average molecular weight is 83.0 g/mol. The molecule has 0 aromatic carbocycles. The van der Waals surface area contributed by atoms with Gasteiger partial charge in [0.15, 0.2) is 6.72 Å². The number of hydrogen-bond donors (Lipinski definition) is 0. The molecule has 5 heavy (non-hydrogen) atoms. The third kappa shape index (κ3) is 302. The van der Waals surface area contributed by atoms with Crippen molar-refractivity contribution in [3.8, 4) is 0 Å². The Hall–Kier alpha value is 0.270. The van der Waals surface area contributed by atoms with Crippen molar-refractivity contribution in [2.24, 2.45) is 0 Å². The molecule has 24 valence electrons. The van der Waals surface area contributed by atoms with Crippen LogP contribution in [0.2, 0.25) is 0 Å². The van der Waals surface area contributed by atoms with Gasteiger partial charge in [-0.05, 0) is 0 Å². The summed E-state index contributed by atoms with van der Waals surface area (Å²) < 4.78 is 0. The second-order valence-corrected chi connectivity index (χ2v) is 0.333. The van der Waals surface area contributed by atoms with Crippen LogP contribution in [0.3, 0.4) is 0 Å². The first-order valence-corrected chi connectivity index (χ1v) is 0.681. The molecule has 0 saturated heterocycles. The first-order chi connectivity index (χ1) is 1.73. The molecule has 0 aliphatic heterocycles. The predicted molar refractivity (Wildman–Crippen MR) is 14.1 cm³/mol. The fourth-order valence-electron chi connectivity index (χ4n) is 0. The second kappa shape index (κ2) is 4.27. The van der Waals surface area contributed by atoms with E-state index >= 15 is 0 Å². The molecule has 0 N–H and O–H groups in total. The van der Waals surface area contributed by atoms with Gasteiger partial charge >= 0.3 is 29.6 Å². The molecule has 3 nitrogen and oxygen atoms in total. The summed E-state index contributed by atoms with van der Waals surface area (Å²) in [6, 6.07) is 0. The quantitative estimate of drug-likeness (QED) is 0.133. The smallest absolute Gasteiger partial charge is 0.613 e. The topological polar surface area (TPSA) is 49.1 Å². The van der Waals surface area contributed by atoms with Gasteiger partial charge in [0.1, 0.15) is 0 Å². The Morgan fingerprint density at radius 1 is 1.40 bits per heavy atom. The van der Waals surface area contributed by atoms with E-state index in [1.807, 2.05) is 0 Å². The van der Waals surface area contributed by atoms with E-state index in [1.54, 1.807) is 0 Å². The molecular weight excluding hydrogens is 81.0 g/mol. The standard InChI is InChI=1S/CH2NO2.Na/c1-2(3)4;/h1H2;/q-1;+1. The molecule has 4 heteroatoms. The zero-order valence-electron chi connectivity index (χ0n) is 2.97. The van der Waals surface area contributed by atoms with Crippen LogP contribution in [0.4, 0.5) is 0 Å². The minimum atomic E-state index is -0.750. The number of nitrogens with zero attached hydrogens (tertiary/aromatic N) is 1. The Kier molecular flexibility index (Phi) is 7.67. The summed E-state index contributed by atoms with van der Waals surface area (Å²) in [5, 5.41) is 17.4. The molecule has 0 atom stereocenters. The van der Waals surface area contributed by atoms with Gasteiger partial charge in [0.2, 0.25) is 0 Å². The Morgan fingerprint density at radius 3 is 1.40 bits per heavy atom. The van der Waals surface area contributed by atoms with Gasteiger partial charge in [0.25, 0.3) is 0 Å². The summed E-state index contributed by atoms with van der Waals surface area (Å²) in [6.07, 6.45) is 0. The molecule has 0 aliphatic rings. The monoisotopic (exact) mass is 83.0 g/mol. The van der Waals surface area contributed by atoms with Crippen molar-refractivity contribution in [1.82, 2.24) is 0 Å². The molecule has 0 bridgehead atoms. The van der Waals surface area contributed by atoms with Gasteiger partial charge in [-0.15, -0.1) is 0 Å². The summed E-state index contributed by atoms with van der Waals surface area (Å²) in [5.74, 6) is 0. The SMILES string of the molecule is C=[N+]([O-])[O-].[Na+]. The van der Waals surface area contributed by atoms with Gasteiger partial charge in [-0.1, -0.05) is 0 Å². The van der Waals surface area contributed by atoms with Crippen molar-refractivity contribution in [1.29, 1.82) is 0 Å². The van der Waals surface area contributed by atoms with Gasteiger partial charge in [-0.25, -0.2) is 0 Å². The van der Waals surface area contributed by atoms with Crippen LogP contribution < -0.4 is 29.6 Å². The van der Waals surface area contributed by atoms with Crippen LogP contribution in [-0.2, 0) is 0 Å². The second-order valence-electron chi connectivity index (χ2n) is 0.333. The predicted octanol–water partition coefficient (Wildman–Crippen LogP) is -3.30. The maximum atomic E-state index is 8.69. The Bertz CT molecular complexity index is 32.6. The molecule has 0 aromatic heterocycles. The van der Waals surface area contributed by atoms with Crippen LogP contribution in [0.15, 0.2) is 0 Å². The number of hydrogen-bond acceptors (Lipinski definition) is 2. The molecule has 0 fully saturated rings. The summed E-state index contributed by atoms with van der Waals surface area (Å²) in [6.45, 7) is 2.36. The van der Waals surface area contributed by atoms with Gasteiger partial charge in [-0.2, -0.15) is 4.90 Å². The van der Waals surface area contributed by atoms with Crippen molar-refractivity contribution in [2.45, 2.75) is 0 Å². The van der Waals surface area contributed by atoms with Crippen LogP contribution >= 0.6 is 0 Å². The van der Waals surface area contributed by atoms with E-state index in [9.17, 15) is 0 Å². The first-order valence-electron chi connectivity index (χ1n) is 0.681. The molecule has 0 heterocycles. The summed E-state index contributed by atoms with van der Waals surface area (Å²) in [5.41, 5.74) is 0. The van der Waals surface area contributed by atoms with E-state index in [2.05, 4.69) is 6.72 Å². The van der Waals surface area contributed by atoms with Crippen LogP contribution in [0, 0.1) is 10.4 Å². The van der Waals surface area contributed by atoms with Crippen molar-refractivity contribution in [3.05, 3.63) is 10.4 Å². The largest absolute Gasteiger partial charge is 1.00 e. The normalized spacial score (nSPS) is 4.80. The molecule has 0 amide bonds. The van der Waals surface area contributed by atoms with Crippen LogP contribution in [0.1, 0.15) is 0 Å². The minimum Gasteiger partial charge on any atom is -0.613 e. The average Bonchev–Trinajstić information content (AvgIpc) is 0.811. The van der Waals surface area contributed by atoms with Gasteiger partial charge < -0.3 is 10.4 Å². The van der Waals surface area contributed by atoms with Crippen molar-refractivity contribution in [2.75, 3.05) is 0 Å². The maximum Gasteiger partial charge on any atom is 1.00 e. The van der Waals surface area contributed by atoms with Crippen molar-refractivity contribution < 1.29 is 34.5 Å². The van der Waals surface area contributed by atoms with Gasteiger partial charge in [-0.3, -0.25) is 0 Å². The zero-order chi connectivity index (χ0) is 3.58. The molecule has 0 aromatic rings. The number of rotatable bonds is 0. The van der Waals surface area contributed by atoms with E-state index < -0.39 is 4.90 Å². The summed E-state index contributed by atoms with van der Waals surface area (Å²) in [7, 11) is 0. The molecule has 0 spiro atoms. The summed E-state index contributed by atoms with van der Waals surface area (Å²) in [4.78, 5) is -0.750. The summed E-state index contributed by atoms with van der Waals surface area (Å²) >= 11 is 0. The zero-order valence-corrected chi connectivity index (χ0v) is 4.97. The van der Waals surface area contributed by atoms with E-state index in [1.165, 1.54) is 0 Å². The van der Waals surface area contributed by atoms with Gasteiger partial charge in [0, 0.05) is 0 Å². The van der Waals surface area contributed by atoms with Gasteiger partial charge in [0.05, 0.1) is 0 Å². The third-order valence-electron chi connectivity index (χ3n) is 0. The molecule has 0 aliphatic carbocycles. The molecule has 0 rings (SSSR count). The van der Waals surface area contributed by atoms with Crippen LogP contribution in [-0.4, -0.2) is 11.6 Å². The molecule has 0 unspecified atom stereocenters. The fraction of sp³-hybridized carbons (Fsp3) is 0. The van der Waals surface area contributed by atoms with E-state index in [0.717, 1.165) is 0 Å². The Morgan fingerprint density at radius 2 is 1.40 bits per heavy atom. The first kappa shape index (κ1) is 8.99. The van der Waals surface area contributed by atoms with E-state index in [-0.39, 0.29) is 29.6 Å². The van der Waals surface area contributed by atoms with Crippen LogP contribution in [0.5, 0.6) is 0 Å². The maximum absolute atomic E-state index is 8.69. The third-order valence-corrected chi connectivity index (χ3v) is 0. The van der Waals surface area contributed by atoms with Crippen molar-refractivity contribution >= 4 is 6.72 Å². The van der Waals surface area contributed by atoms with Crippen LogP contribution in [0.25, 0.3) is 0 Å². The fourth-order valence-corrected chi connectivity index (χ4v) is 0.